The lowest BCUT2D eigenvalue weighted by Crippen LogP contribution is -2.28. The van der Waals surface area contributed by atoms with Crippen LogP contribution in [0.5, 0.6) is 0 Å². The van der Waals surface area contributed by atoms with Crippen LogP contribution < -0.4 is 0 Å². The highest BCUT2D eigenvalue weighted by atomic mass is 32.2. The molecule has 1 saturated heterocycles. The summed E-state index contributed by atoms with van der Waals surface area (Å²) in [5.74, 6) is 2.49. The maximum Gasteiger partial charge on any atom is 0.154 e. The van der Waals surface area contributed by atoms with E-state index in [1.807, 2.05) is 0 Å². The normalized spacial score (nSPS) is 56.6. The van der Waals surface area contributed by atoms with E-state index < -0.39 is 9.84 Å². The predicted molar refractivity (Wildman–Crippen MR) is 55.6 cm³/mol. The summed E-state index contributed by atoms with van der Waals surface area (Å²) >= 11 is 0. The monoisotopic (exact) mass is 214 g/mol. The van der Waals surface area contributed by atoms with Gasteiger partial charge in [0, 0.05) is 0 Å². The molecule has 0 N–H and O–H groups in total. The predicted octanol–water partition coefficient (Wildman–Crippen LogP) is 1.71. The van der Waals surface area contributed by atoms with Gasteiger partial charge in [0.1, 0.15) is 0 Å². The van der Waals surface area contributed by atoms with Crippen LogP contribution in [0.1, 0.15) is 27.2 Å². The van der Waals surface area contributed by atoms with Crippen molar-refractivity contribution in [3.8, 4) is 0 Å². The Kier molecular flexibility index (Phi) is 1.45. The van der Waals surface area contributed by atoms with Crippen molar-refractivity contribution in [1.29, 1.82) is 0 Å². The molecule has 3 fully saturated rings. The topological polar surface area (TPSA) is 34.1 Å². The van der Waals surface area contributed by atoms with E-state index in [2.05, 4.69) is 20.8 Å². The van der Waals surface area contributed by atoms with Crippen molar-refractivity contribution < 1.29 is 8.42 Å². The van der Waals surface area contributed by atoms with E-state index in [-0.39, 0.29) is 10.7 Å². The van der Waals surface area contributed by atoms with Gasteiger partial charge in [-0.25, -0.2) is 8.42 Å². The molecule has 1 aliphatic heterocycles. The molecule has 0 aromatic carbocycles. The van der Waals surface area contributed by atoms with Crippen molar-refractivity contribution in [3.05, 3.63) is 0 Å². The maximum atomic E-state index is 12.0. The van der Waals surface area contributed by atoms with Crippen LogP contribution in [0.4, 0.5) is 0 Å². The van der Waals surface area contributed by atoms with Gasteiger partial charge in [-0.2, -0.15) is 0 Å². The minimum absolute atomic E-state index is 0.00116. The van der Waals surface area contributed by atoms with Crippen LogP contribution in [0, 0.1) is 29.1 Å². The summed E-state index contributed by atoms with van der Waals surface area (Å²) in [6.45, 7) is 6.70. The highest BCUT2D eigenvalue weighted by Crippen LogP contribution is 2.67. The summed E-state index contributed by atoms with van der Waals surface area (Å²) in [5, 5.41) is 0.00116. The lowest BCUT2D eigenvalue weighted by Gasteiger charge is -2.24. The molecule has 3 rings (SSSR count). The van der Waals surface area contributed by atoms with Crippen LogP contribution in [0.15, 0.2) is 0 Å². The van der Waals surface area contributed by atoms with Crippen LogP contribution in [-0.4, -0.2) is 19.4 Å². The highest BCUT2D eigenvalue weighted by Gasteiger charge is 2.69. The molecule has 3 heteroatoms. The summed E-state index contributed by atoms with van der Waals surface area (Å²) in [5.41, 5.74) is 0.276. The molecule has 5 unspecified atom stereocenters. The Hall–Kier alpha value is -0.0500. The second kappa shape index (κ2) is 2.21. The van der Waals surface area contributed by atoms with Crippen LogP contribution in [-0.2, 0) is 9.84 Å². The maximum absolute atomic E-state index is 12.0. The Morgan fingerprint density at radius 3 is 2.43 bits per heavy atom. The third kappa shape index (κ3) is 0.777. The SMILES string of the molecule is CC1C2CC3CS(=O)(=O)C1C3C2(C)C. The van der Waals surface area contributed by atoms with Gasteiger partial charge in [-0.3, -0.25) is 0 Å². The number of sulfone groups is 1. The average Bonchev–Trinajstić information content (AvgIpc) is 2.46. The van der Waals surface area contributed by atoms with Crippen molar-refractivity contribution in [2.45, 2.75) is 32.4 Å². The third-order valence-corrected chi connectivity index (χ3v) is 7.69. The van der Waals surface area contributed by atoms with E-state index in [1.54, 1.807) is 0 Å². The first-order valence-electron chi connectivity index (χ1n) is 5.57. The molecule has 5 atom stereocenters. The zero-order valence-corrected chi connectivity index (χ0v) is 9.84. The zero-order valence-electron chi connectivity index (χ0n) is 9.03. The van der Waals surface area contributed by atoms with Gasteiger partial charge in [-0.15, -0.1) is 0 Å². The Balaban J connectivity index is 2.18. The smallest absolute Gasteiger partial charge is 0.154 e. The number of hydrogen-bond acceptors (Lipinski definition) is 2. The third-order valence-electron chi connectivity index (χ3n) is 5.25. The van der Waals surface area contributed by atoms with Crippen LogP contribution in [0.3, 0.4) is 0 Å². The first-order chi connectivity index (χ1) is 6.36. The second-order valence-electron chi connectivity index (χ2n) is 6.10. The van der Waals surface area contributed by atoms with E-state index in [0.29, 0.717) is 29.4 Å². The van der Waals surface area contributed by atoms with E-state index in [0.717, 1.165) is 6.42 Å². The highest BCUT2D eigenvalue weighted by molar-refractivity contribution is 7.92. The van der Waals surface area contributed by atoms with Gasteiger partial charge in [-0.1, -0.05) is 20.8 Å². The fourth-order valence-electron chi connectivity index (χ4n) is 4.90. The van der Waals surface area contributed by atoms with Crippen LogP contribution in [0.2, 0.25) is 0 Å². The fraction of sp³-hybridized carbons (Fsp3) is 1.00. The molecule has 0 aromatic heterocycles. The summed E-state index contributed by atoms with van der Waals surface area (Å²) in [6.07, 6.45) is 1.16. The first-order valence-corrected chi connectivity index (χ1v) is 7.29. The van der Waals surface area contributed by atoms with Gasteiger partial charge in [0.25, 0.3) is 0 Å². The molecule has 2 nitrogen and oxygen atoms in total. The van der Waals surface area contributed by atoms with Gasteiger partial charge in [0.05, 0.1) is 11.0 Å². The van der Waals surface area contributed by atoms with Gasteiger partial charge < -0.3 is 0 Å². The van der Waals surface area contributed by atoms with Crippen molar-refractivity contribution in [2.75, 3.05) is 5.75 Å². The van der Waals surface area contributed by atoms with Crippen LogP contribution in [0.25, 0.3) is 0 Å². The molecule has 0 amide bonds. The van der Waals surface area contributed by atoms with Crippen molar-refractivity contribution in [1.82, 2.24) is 0 Å². The van der Waals surface area contributed by atoms with Gasteiger partial charge >= 0.3 is 0 Å². The summed E-state index contributed by atoms with van der Waals surface area (Å²) in [6, 6.07) is 0. The van der Waals surface area contributed by atoms with E-state index in [9.17, 15) is 8.42 Å². The second-order valence-corrected chi connectivity index (χ2v) is 8.31. The van der Waals surface area contributed by atoms with Gasteiger partial charge in [0.2, 0.25) is 0 Å². The fourth-order valence-corrected chi connectivity index (χ4v) is 7.93. The number of hydrogen-bond donors (Lipinski definition) is 0. The largest absolute Gasteiger partial charge is 0.229 e. The minimum atomic E-state index is -2.75. The standard InChI is InChI=1S/C11H18O2S/c1-6-8-4-7-5-14(12,13)10(6)9(7)11(8,2)3/h6-10H,4-5H2,1-3H3. The molecule has 3 aliphatic rings. The van der Waals surface area contributed by atoms with Crippen molar-refractivity contribution >= 4 is 9.84 Å². The Bertz CT molecular complexity index is 382. The number of rotatable bonds is 0. The molecular formula is C11H18O2S. The summed E-state index contributed by atoms with van der Waals surface area (Å²) < 4.78 is 24.0. The van der Waals surface area contributed by atoms with Crippen molar-refractivity contribution in [3.63, 3.8) is 0 Å². The number of fused-ring (bicyclic) bond motifs is 1. The van der Waals surface area contributed by atoms with E-state index in [1.165, 1.54) is 0 Å². The summed E-state index contributed by atoms with van der Waals surface area (Å²) in [7, 11) is -2.75. The molecule has 2 saturated carbocycles. The first kappa shape index (κ1) is 9.20. The lowest BCUT2D eigenvalue weighted by atomic mass is 9.80. The zero-order chi connectivity index (χ0) is 10.3. The molecule has 0 spiro atoms. The van der Waals surface area contributed by atoms with E-state index in [4.69, 9.17) is 0 Å². The Morgan fingerprint density at radius 1 is 1.29 bits per heavy atom. The molecule has 14 heavy (non-hydrogen) atoms. The quantitative estimate of drug-likeness (QED) is 0.615. The average molecular weight is 214 g/mol. The van der Waals surface area contributed by atoms with Gasteiger partial charge in [-0.05, 0) is 35.5 Å². The molecule has 2 aliphatic carbocycles. The molecule has 80 valence electrons. The Labute approximate surface area is 86.0 Å². The molecule has 0 aromatic rings. The summed E-state index contributed by atoms with van der Waals surface area (Å²) in [4.78, 5) is 0. The Morgan fingerprint density at radius 2 is 1.93 bits per heavy atom. The van der Waals surface area contributed by atoms with Crippen molar-refractivity contribution in [2.24, 2.45) is 29.1 Å². The molecule has 1 heterocycles. The van der Waals surface area contributed by atoms with Crippen LogP contribution >= 0.6 is 0 Å². The van der Waals surface area contributed by atoms with E-state index >= 15 is 0 Å². The molecule has 0 radical (unpaired) electrons. The molecular weight excluding hydrogens is 196 g/mol. The molecule has 2 bridgehead atoms. The van der Waals surface area contributed by atoms with Gasteiger partial charge in [0.15, 0.2) is 9.84 Å². The lowest BCUT2D eigenvalue weighted by molar-refractivity contribution is 0.239. The minimum Gasteiger partial charge on any atom is -0.229 e.